The molecule has 25 heavy (non-hydrogen) atoms. The van der Waals surface area contributed by atoms with Crippen molar-refractivity contribution in [3.05, 3.63) is 69.4 Å². The molecule has 0 spiro atoms. The Labute approximate surface area is 163 Å². The van der Waals surface area contributed by atoms with Crippen molar-refractivity contribution in [1.82, 2.24) is 14.9 Å². The first-order valence-electron chi connectivity index (χ1n) is 7.31. The second-order valence-electron chi connectivity index (χ2n) is 4.97. The molecule has 0 atom stereocenters. The van der Waals surface area contributed by atoms with Crippen molar-refractivity contribution < 1.29 is 4.74 Å². The molecular weight excluding hydrogens is 424 g/mol. The molecule has 128 valence electrons. The number of nitrogens with zero attached hydrogens (tertiary/aromatic N) is 4. The Morgan fingerprint density at radius 2 is 2.16 bits per heavy atom. The van der Waals surface area contributed by atoms with Crippen LogP contribution < -0.4 is 4.74 Å². The zero-order chi connectivity index (χ0) is 17.6. The highest BCUT2D eigenvalue weighted by Crippen LogP contribution is 2.25. The van der Waals surface area contributed by atoms with Gasteiger partial charge in [0.2, 0.25) is 5.16 Å². The summed E-state index contributed by atoms with van der Waals surface area (Å²) in [4.78, 5) is 0. The van der Waals surface area contributed by atoms with E-state index >= 15 is 0 Å². The van der Waals surface area contributed by atoms with Crippen LogP contribution in [0.2, 0.25) is 5.02 Å². The van der Waals surface area contributed by atoms with Crippen LogP contribution in [0.15, 0.2) is 63.5 Å². The molecule has 0 N–H and O–H groups in total. The lowest BCUT2D eigenvalue weighted by Gasteiger charge is -2.05. The molecule has 0 radical (unpaired) electrons. The minimum atomic E-state index is 0.685. The molecule has 1 heterocycles. The van der Waals surface area contributed by atoms with Gasteiger partial charge in [-0.1, -0.05) is 57.5 Å². The van der Waals surface area contributed by atoms with Crippen LogP contribution in [0.5, 0.6) is 5.75 Å². The van der Waals surface area contributed by atoms with Crippen molar-refractivity contribution >= 4 is 45.5 Å². The van der Waals surface area contributed by atoms with Crippen LogP contribution >= 0.6 is 39.3 Å². The van der Waals surface area contributed by atoms with E-state index < -0.39 is 0 Å². The minimum Gasteiger partial charge on any atom is -0.496 e. The lowest BCUT2D eigenvalue weighted by Crippen LogP contribution is -1.95. The molecule has 0 fully saturated rings. The highest BCUT2D eigenvalue weighted by Gasteiger charge is 2.07. The summed E-state index contributed by atoms with van der Waals surface area (Å²) in [5.74, 6) is 1.43. The van der Waals surface area contributed by atoms with Crippen molar-refractivity contribution in [3.8, 4) is 5.75 Å². The fourth-order valence-electron chi connectivity index (χ4n) is 2.08. The number of benzene rings is 2. The second-order valence-corrected chi connectivity index (χ2v) is 7.23. The monoisotopic (exact) mass is 436 g/mol. The molecule has 0 aliphatic carbocycles. The van der Waals surface area contributed by atoms with Gasteiger partial charge >= 0.3 is 0 Å². The number of aromatic nitrogens is 3. The van der Waals surface area contributed by atoms with Crippen molar-refractivity contribution in [1.29, 1.82) is 0 Å². The van der Waals surface area contributed by atoms with Crippen molar-refractivity contribution in [2.45, 2.75) is 10.9 Å². The summed E-state index contributed by atoms with van der Waals surface area (Å²) < 4.78 is 7.92. The molecular formula is C17H14BrClN4OS. The third-order valence-electron chi connectivity index (χ3n) is 3.33. The van der Waals surface area contributed by atoms with Gasteiger partial charge in [0, 0.05) is 20.8 Å². The number of ether oxygens (including phenoxy) is 1. The Morgan fingerprint density at radius 1 is 1.32 bits per heavy atom. The van der Waals surface area contributed by atoms with Gasteiger partial charge in [0.25, 0.3) is 0 Å². The predicted molar refractivity (Wildman–Crippen MR) is 105 cm³/mol. The van der Waals surface area contributed by atoms with Gasteiger partial charge in [0.1, 0.15) is 12.1 Å². The lowest BCUT2D eigenvalue weighted by molar-refractivity contribution is 0.414. The third-order valence-corrected chi connectivity index (χ3v) is 5.17. The molecule has 0 bridgehead atoms. The van der Waals surface area contributed by atoms with Crippen LogP contribution in [-0.4, -0.2) is 28.2 Å². The second kappa shape index (κ2) is 8.51. The quantitative estimate of drug-likeness (QED) is 0.407. The molecule has 0 unspecified atom stereocenters. The van der Waals surface area contributed by atoms with E-state index in [9.17, 15) is 0 Å². The predicted octanol–water partition coefficient (Wildman–Crippen LogP) is 4.88. The van der Waals surface area contributed by atoms with E-state index in [1.54, 1.807) is 24.3 Å². The van der Waals surface area contributed by atoms with Gasteiger partial charge in [-0.05, 0) is 29.8 Å². The largest absolute Gasteiger partial charge is 0.496 e. The average Bonchev–Trinajstić information content (AvgIpc) is 3.07. The number of thioether (sulfide) groups is 1. The zero-order valence-corrected chi connectivity index (χ0v) is 16.4. The van der Waals surface area contributed by atoms with E-state index in [1.807, 2.05) is 42.5 Å². The zero-order valence-electron chi connectivity index (χ0n) is 13.3. The van der Waals surface area contributed by atoms with E-state index in [0.717, 1.165) is 26.4 Å². The Bertz CT molecular complexity index is 900. The number of rotatable bonds is 6. The fourth-order valence-corrected chi connectivity index (χ4v) is 3.61. The van der Waals surface area contributed by atoms with Gasteiger partial charge in [-0.3, -0.25) is 0 Å². The van der Waals surface area contributed by atoms with Crippen LogP contribution in [-0.2, 0) is 5.75 Å². The summed E-state index contributed by atoms with van der Waals surface area (Å²) >= 11 is 11.2. The van der Waals surface area contributed by atoms with E-state index in [-0.39, 0.29) is 0 Å². The average molecular weight is 438 g/mol. The van der Waals surface area contributed by atoms with Crippen LogP contribution in [0.3, 0.4) is 0 Å². The van der Waals surface area contributed by atoms with Crippen LogP contribution in [0, 0.1) is 0 Å². The lowest BCUT2D eigenvalue weighted by atomic mass is 10.2. The first-order chi connectivity index (χ1) is 12.2. The first-order valence-corrected chi connectivity index (χ1v) is 9.47. The molecule has 0 saturated heterocycles. The number of hydrogen-bond donors (Lipinski definition) is 0. The van der Waals surface area contributed by atoms with Crippen LogP contribution in [0.25, 0.3) is 0 Å². The van der Waals surface area contributed by atoms with Gasteiger partial charge in [0.05, 0.1) is 13.3 Å². The molecule has 0 saturated carbocycles. The molecule has 0 amide bonds. The van der Waals surface area contributed by atoms with Crippen LogP contribution in [0.1, 0.15) is 11.1 Å². The third kappa shape index (κ3) is 4.62. The molecule has 8 heteroatoms. The maximum absolute atomic E-state index is 6.19. The van der Waals surface area contributed by atoms with Crippen molar-refractivity contribution in [2.24, 2.45) is 5.10 Å². The van der Waals surface area contributed by atoms with Crippen molar-refractivity contribution in [3.63, 3.8) is 0 Å². The van der Waals surface area contributed by atoms with Gasteiger partial charge in [-0.15, -0.1) is 10.2 Å². The molecule has 0 aliphatic rings. The van der Waals surface area contributed by atoms with E-state index in [0.29, 0.717) is 10.9 Å². The first kappa shape index (κ1) is 18.0. The SMILES string of the molecule is COc1ccc(Br)cc1/C=N/n1cnnc1SCc1ccccc1Cl. The molecule has 0 aliphatic heterocycles. The standard InChI is InChI=1S/C17H14BrClN4OS/c1-24-16-7-6-14(18)8-13(16)9-21-23-11-20-22-17(23)25-10-12-4-2-3-5-15(12)19/h2-9,11H,10H2,1H3/b21-9+. The summed E-state index contributed by atoms with van der Waals surface area (Å²) in [7, 11) is 1.63. The molecule has 2 aromatic carbocycles. The summed E-state index contributed by atoms with van der Waals surface area (Å²) in [6.07, 6.45) is 3.28. The van der Waals surface area contributed by atoms with Gasteiger partial charge < -0.3 is 4.74 Å². The summed E-state index contributed by atoms with van der Waals surface area (Å²) in [6, 6.07) is 13.5. The maximum atomic E-state index is 6.19. The van der Waals surface area contributed by atoms with Gasteiger partial charge in [0.15, 0.2) is 0 Å². The Kier molecular flexibility index (Phi) is 6.12. The molecule has 3 rings (SSSR count). The van der Waals surface area contributed by atoms with E-state index in [4.69, 9.17) is 16.3 Å². The van der Waals surface area contributed by atoms with Gasteiger partial charge in [-0.2, -0.15) is 9.78 Å². The fraction of sp³-hybridized carbons (Fsp3) is 0.118. The van der Waals surface area contributed by atoms with Crippen molar-refractivity contribution in [2.75, 3.05) is 7.11 Å². The Morgan fingerprint density at radius 3 is 2.96 bits per heavy atom. The highest BCUT2D eigenvalue weighted by molar-refractivity contribution is 9.10. The smallest absolute Gasteiger partial charge is 0.212 e. The van der Waals surface area contributed by atoms with Crippen LogP contribution in [0.4, 0.5) is 0 Å². The topological polar surface area (TPSA) is 52.3 Å². The maximum Gasteiger partial charge on any atom is 0.212 e. The van der Waals surface area contributed by atoms with E-state index in [2.05, 4.69) is 31.2 Å². The molecule has 3 aromatic rings. The Balaban J connectivity index is 1.76. The van der Waals surface area contributed by atoms with E-state index in [1.165, 1.54) is 11.8 Å². The summed E-state index contributed by atoms with van der Waals surface area (Å²) in [5, 5.41) is 13.9. The Hall–Kier alpha value is -1.83. The molecule has 5 nitrogen and oxygen atoms in total. The highest BCUT2D eigenvalue weighted by atomic mass is 79.9. The molecule has 1 aromatic heterocycles. The minimum absolute atomic E-state index is 0.685. The number of halogens is 2. The van der Waals surface area contributed by atoms with Gasteiger partial charge in [-0.25, -0.2) is 0 Å². The number of hydrogen-bond acceptors (Lipinski definition) is 5. The number of methoxy groups -OCH3 is 1. The summed E-state index contributed by atoms with van der Waals surface area (Å²) in [5.41, 5.74) is 1.90. The normalized spacial score (nSPS) is 11.2. The summed E-state index contributed by atoms with van der Waals surface area (Å²) in [6.45, 7) is 0.